The van der Waals surface area contributed by atoms with Gasteiger partial charge < -0.3 is 55.1 Å². The van der Waals surface area contributed by atoms with Crippen LogP contribution < -0.4 is 10.6 Å². The van der Waals surface area contributed by atoms with Gasteiger partial charge in [-0.3, -0.25) is 9.59 Å². The molecule has 2 amide bonds. The van der Waals surface area contributed by atoms with E-state index in [4.69, 9.17) is 18.9 Å². The number of allylic oxidation sites excluding steroid dienone is 2. The van der Waals surface area contributed by atoms with Gasteiger partial charge in [-0.1, -0.05) is 221 Å². The van der Waals surface area contributed by atoms with Gasteiger partial charge in [0.25, 0.3) is 0 Å². The van der Waals surface area contributed by atoms with Gasteiger partial charge in [0.2, 0.25) is 11.8 Å². The molecule has 0 spiro atoms. The molecule has 8 unspecified atom stereocenters. The third-order valence-electron chi connectivity index (χ3n) is 14.4. The number of carbonyl (C=O) groups excluding carboxylic acids is 2. The van der Waals surface area contributed by atoms with Crippen LogP contribution in [0.2, 0.25) is 0 Å². The molecule has 1 fully saturated rings. The molecule has 73 heavy (non-hydrogen) atoms. The molecule has 0 bridgehead atoms. The van der Waals surface area contributed by atoms with Crippen LogP contribution in [0.5, 0.6) is 0 Å². The molecule has 1 rings (SSSR count). The number of aliphatic hydroxyl groups is 5. The van der Waals surface area contributed by atoms with Crippen molar-refractivity contribution in [2.45, 2.75) is 309 Å². The van der Waals surface area contributed by atoms with Gasteiger partial charge in [-0.25, -0.2) is 0 Å². The van der Waals surface area contributed by atoms with E-state index in [0.29, 0.717) is 32.7 Å². The smallest absolute Gasteiger partial charge is 0.220 e. The SMILES string of the molecule is CCCCCCCCC=CCCCCCCCCCCCCCC(=O)NC(COC1OC(CNC(=O)CC(C)(C)COCC(C)(C)COC)C(O)C(O)C1O)C(O)C(O)CCCCCCCCCCCCCC. The van der Waals surface area contributed by atoms with E-state index in [0.717, 1.165) is 44.9 Å². The summed E-state index contributed by atoms with van der Waals surface area (Å²) in [4.78, 5) is 26.4. The number of carbonyl (C=O) groups is 2. The highest BCUT2D eigenvalue weighted by atomic mass is 16.7. The summed E-state index contributed by atoms with van der Waals surface area (Å²) in [6, 6.07) is -1.03. The van der Waals surface area contributed by atoms with Crippen molar-refractivity contribution >= 4 is 11.8 Å². The number of methoxy groups -OCH3 is 1. The van der Waals surface area contributed by atoms with Crippen molar-refractivity contribution in [3.05, 3.63) is 12.2 Å². The number of hydrogen-bond donors (Lipinski definition) is 7. The third kappa shape index (κ3) is 36.9. The van der Waals surface area contributed by atoms with Gasteiger partial charge in [0.15, 0.2) is 6.29 Å². The number of aliphatic hydroxyl groups excluding tert-OH is 5. The number of hydrogen-bond acceptors (Lipinski definition) is 11. The van der Waals surface area contributed by atoms with E-state index in [1.54, 1.807) is 7.11 Å². The number of nitrogens with one attached hydrogen (secondary N) is 2. The zero-order chi connectivity index (χ0) is 54.0. The molecule has 1 saturated heterocycles. The van der Waals surface area contributed by atoms with Gasteiger partial charge in [0.05, 0.1) is 38.6 Å². The van der Waals surface area contributed by atoms with Crippen LogP contribution >= 0.6 is 0 Å². The van der Waals surface area contributed by atoms with Crippen LogP contribution in [0.25, 0.3) is 0 Å². The number of rotatable bonds is 50. The van der Waals surface area contributed by atoms with E-state index in [1.165, 1.54) is 148 Å². The highest BCUT2D eigenvalue weighted by Gasteiger charge is 2.45. The lowest BCUT2D eigenvalue weighted by Crippen LogP contribution is -2.61. The Bertz CT molecular complexity index is 1330. The first-order chi connectivity index (χ1) is 35.1. The van der Waals surface area contributed by atoms with Crippen molar-refractivity contribution < 1.29 is 54.1 Å². The van der Waals surface area contributed by atoms with E-state index in [9.17, 15) is 35.1 Å². The fraction of sp³-hybridized carbons (Fsp3) is 0.933. The Morgan fingerprint density at radius 2 is 1.03 bits per heavy atom. The van der Waals surface area contributed by atoms with Crippen molar-refractivity contribution in [3.8, 4) is 0 Å². The predicted octanol–water partition coefficient (Wildman–Crippen LogP) is 11.7. The van der Waals surface area contributed by atoms with Crippen molar-refractivity contribution in [1.82, 2.24) is 10.6 Å². The second kappa shape index (κ2) is 44.3. The molecule has 0 radical (unpaired) electrons. The van der Waals surface area contributed by atoms with E-state index >= 15 is 0 Å². The monoisotopic (exact) mass is 1040 g/mol. The second-order valence-electron chi connectivity index (χ2n) is 23.4. The summed E-state index contributed by atoms with van der Waals surface area (Å²) in [5.41, 5.74) is -0.674. The van der Waals surface area contributed by atoms with Crippen LogP contribution in [0.3, 0.4) is 0 Å². The lowest BCUT2D eigenvalue weighted by atomic mass is 9.89. The zero-order valence-electron chi connectivity index (χ0n) is 48.0. The average Bonchev–Trinajstić information content (AvgIpc) is 3.34. The molecule has 0 aliphatic carbocycles. The van der Waals surface area contributed by atoms with Crippen LogP contribution in [-0.4, -0.2) is 126 Å². The maximum absolute atomic E-state index is 13.3. The standard InChI is InChI=1S/C60H116N2O11/c1-8-10-12-14-16-18-20-22-23-24-25-26-27-28-29-30-32-34-36-38-40-42-52(64)62-49(54(66)50(63)41-39-37-35-33-31-21-19-17-15-13-11-9-2)45-72-58-57(69)56(68)55(67)51(73-58)44-61-53(65)43-59(3,4)47-71-48-60(5,6)46-70-7/h22-23,49-51,54-58,63,66-69H,8-21,24-48H2,1-7H3,(H,61,65)(H,62,64). The Morgan fingerprint density at radius 3 is 1.52 bits per heavy atom. The molecular weight excluding hydrogens is 925 g/mol. The van der Waals surface area contributed by atoms with E-state index < -0.39 is 54.4 Å². The Hall–Kier alpha value is -1.68. The molecule has 1 heterocycles. The fourth-order valence-corrected chi connectivity index (χ4v) is 9.77. The first-order valence-corrected chi connectivity index (χ1v) is 30.0. The van der Waals surface area contributed by atoms with Gasteiger partial charge in [-0.15, -0.1) is 0 Å². The Balaban J connectivity index is 2.63. The van der Waals surface area contributed by atoms with Crippen molar-refractivity contribution in [3.63, 3.8) is 0 Å². The largest absolute Gasteiger partial charge is 0.390 e. The Kier molecular flexibility index (Phi) is 42.1. The van der Waals surface area contributed by atoms with Crippen molar-refractivity contribution in [1.29, 1.82) is 0 Å². The highest BCUT2D eigenvalue weighted by Crippen LogP contribution is 2.26. The zero-order valence-corrected chi connectivity index (χ0v) is 48.0. The molecule has 13 nitrogen and oxygen atoms in total. The molecular formula is C60H116N2O11. The minimum Gasteiger partial charge on any atom is -0.390 e. The van der Waals surface area contributed by atoms with E-state index in [2.05, 4.69) is 36.6 Å². The fourth-order valence-electron chi connectivity index (χ4n) is 9.77. The lowest BCUT2D eigenvalue weighted by Gasteiger charge is -2.41. The highest BCUT2D eigenvalue weighted by molar-refractivity contribution is 5.76. The normalized spacial score (nSPS) is 19.9. The number of amides is 2. The first-order valence-electron chi connectivity index (χ1n) is 30.0. The van der Waals surface area contributed by atoms with Gasteiger partial charge in [-0.05, 0) is 43.9 Å². The van der Waals surface area contributed by atoms with Crippen molar-refractivity contribution in [2.75, 3.05) is 40.1 Å². The molecule has 13 heteroatoms. The van der Waals surface area contributed by atoms with Gasteiger partial charge >= 0.3 is 0 Å². The molecule has 1 aliphatic rings. The molecule has 0 aromatic carbocycles. The Morgan fingerprint density at radius 1 is 0.575 bits per heavy atom. The van der Waals surface area contributed by atoms with Gasteiger partial charge in [0, 0.05) is 31.9 Å². The molecule has 8 atom stereocenters. The minimum atomic E-state index is -1.66. The summed E-state index contributed by atoms with van der Waals surface area (Å²) in [5, 5.41) is 60.8. The average molecular weight is 1040 g/mol. The number of ether oxygens (including phenoxy) is 4. The summed E-state index contributed by atoms with van der Waals surface area (Å²) in [7, 11) is 1.65. The summed E-state index contributed by atoms with van der Waals surface area (Å²) in [5.74, 6) is -0.577. The van der Waals surface area contributed by atoms with Crippen LogP contribution in [0, 0.1) is 10.8 Å². The molecule has 7 N–H and O–H groups in total. The molecule has 0 aromatic heterocycles. The molecule has 432 valence electrons. The summed E-state index contributed by atoms with van der Waals surface area (Å²) >= 11 is 0. The lowest BCUT2D eigenvalue weighted by molar-refractivity contribution is -0.297. The van der Waals surface area contributed by atoms with Crippen LogP contribution in [0.15, 0.2) is 12.2 Å². The topological polar surface area (TPSA) is 196 Å². The van der Waals surface area contributed by atoms with Crippen LogP contribution in [0.1, 0.15) is 260 Å². The predicted molar refractivity (Wildman–Crippen MR) is 297 cm³/mol. The summed E-state index contributed by atoms with van der Waals surface area (Å²) < 4.78 is 23.1. The first kappa shape index (κ1) is 69.3. The van der Waals surface area contributed by atoms with Gasteiger partial charge in [-0.2, -0.15) is 0 Å². The van der Waals surface area contributed by atoms with E-state index in [-0.39, 0.29) is 43.2 Å². The summed E-state index contributed by atoms with van der Waals surface area (Å²) in [6.07, 6.45) is 33.1. The minimum absolute atomic E-state index is 0.130. The third-order valence-corrected chi connectivity index (χ3v) is 14.4. The van der Waals surface area contributed by atoms with E-state index in [1.807, 2.05) is 27.7 Å². The maximum atomic E-state index is 13.3. The Labute approximate surface area is 446 Å². The maximum Gasteiger partial charge on any atom is 0.220 e. The van der Waals surface area contributed by atoms with Crippen LogP contribution in [-0.2, 0) is 28.5 Å². The summed E-state index contributed by atoms with van der Waals surface area (Å²) in [6.45, 7) is 13.3. The second-order valence-corrected chi connectivity index (χ2v) is 23.4. The van der Waals surface area contributed by atoms with Crippen LogP contribution in [0.4, 0.5) is 0 Å². The van der Waals surface area contributed by atoms with Crippen molar-refractivity contribution in [2.24, 2.45) is 10.8 Å². The molecule has 0 aromatic rings. The quantitative estimate of drug-likeness (QED) is 0.0226. The number of unbranched alkanes of at least 4 members (excludes halogenated alkanes) is 28. The van der Waals surface area contributed by atoms with Gasteiger partial charge in [0.1, 0.15) is 30.5 Å². The molecule has 0 saturated carbocycles. The molecule has 1 aliphatic heterocycles.